The van der Waals surface area contributed by atoms with Crippen molar-refractivity contribution in [1.29, 1.82) is 0 Å². The summed E-state index contributed by atoms with van der Waals surface area (Å²) in [5.41, 5.74) is -2.63. The zero-order valence-electron chi connectivity index (χ0n) is 27.5. The average Bonchev–Trinajstić information content (AvgIpc) is 3.25. The average molecular weight is 438 g/mol. The first-order chi connectivity index (χ1) is 18.3. The van der Waals surface area contributed by atoms with Crippen LogP contribution in [0.5, 0.6) is 0 Å². The summed E-state index contributed by atoms with van der Waals surface area (Å²) < 4.78 is 77.6. The van der Waals surface area contributed by atoms with Crippen LogP contribution in [0.3, 0.4) is 0 Å². The second-order valence-corrected chi connectivity index (χ2v) is 11.0. The maximum atomic E-state index is 13.6. The van der Waals surface area contributed by atoms with Crippen LogP contribution in [-0.2, 0) is 16.1 Å². The summed E-state index contributed by atoms with van der Waals surface area (Å²) in [5, 5.41) is 11.3. The van der Waals surface area contributed by atoms with E-state index < -0.39 is 30.5 Å². The number of ketones is 1. The number of imidazole rings is 1. The highest BCUT2D eigenvalue weighted by Crippen LogP contribution is 2.68. The van der Waals surface area contributed by atoms with Gasteiger partial charge in [0.05, 0.1) is 34.6 Å². The molecule has 0 saturated heterocycles. The van der Waals surface area contributed by atoms with E-state index in [4.69, 9.17) is 15.7 Å². The standard InChI is InChI=1S/C26H40N2O3/c1-24-10-11-26(30,16-31-3)14-18(24)4-5-19-20-6-7-22(25(20,2)9-8-21(19)24)23(29)15-28-13-12-27-17-28/h12-13,17-22,30H,4-11,14-16H2,1-3H3/t18-,19-,20-,21-,22+,24-,25-,26+/m0/s1/i3D3,12D,13D,16D2,17D,22D. The van der Waals surface area contributed by atoms with Crippen molar-refractivity contribution < 1.29 is 27.0 Å². The Morgan fingerprint density at radius 1 is 1.26 bits per heavy atom. The van der Waals surface area contributed by atoms with Crippen LogP contribution in [0, 0.1) is 40.4 Å². The van der Waals surface area contributed by atoms with Crippen molar-refractivity contribution in [3.63, 3.8) is 0 Å². The molecular weight excluding hydrogens is 388 g/mol. The van der Waals surface area contributed by atoms with Crippen molar-refractivity contribution >= 4 is 5.78 Å². The monoisotopic (exact) mass is 437 g/mol. The number of aliphatic hydroxyl groups is 1. The molecular formula is C26H40N2O3. The molecule has 4 aliphatic carbocycles. The van der Waals surface area contributed by atoms with Gasteiger partial charge in [-0.2, -0.15) is 0 Å². The van der Waals surface area contributed by atoms with E-state index in [9.17, 15) is 11.3 Å². The number of hydrogen-bond acceptors (Lipinski definition) is 4. The second-order valence-electron chi connectivity index (χ2n) is 11.0. The molecule has 4 fully saturated rings. The van der Waals surface area contributed by atoms with E-state index in [1.807, 2.05) is 6.92 Å². The van der Waals surface area contributed by atoms with Gasteiger partial charge in [0.2, 0.25) is 0 Å². The van der Waals surface area contributed by atoms with Crippen LogP contribution in [0.2, 0.25) is 0 Å². The molecule has 4 saturated carbocycles. The summed E-state index contributed by atoms with van der Waals surface area (Å²) in [7, 11) is -2.96. The Kier molecular flexibility index (Phi) is 3.35. The Morgan fingerprint density at radius 2 is 2.10 bits per heavy atom. The highest BCUT2D eigenvalue weighted by Gasteiger charge is 2.62. The van der Waals surface area contributed by atoms with E-state index in [2.05, 4.69) is 11.9 Å². The number of ether oxygens (including phenoxy) is 1. The third kappa shape index (κ3) is 3.42. The fraction of sp³-hybridized carbons (Fsp3) is 0.846. The molecule has 0 unspecified atom stereocenters. The predicted octanol–water partition coefficient (Wildman–Crippen LogP) is 4.49. The van der Waals surface area contributed by atoms with E-state index in [0.29, 0.717) is 25.2 Å². The van der Waals surface area contributed by atoms with Crippen molar-refractivity contribution in [1.82, 2.24) is 9.55 Å². The molecule has 4 aliphatic rings. The zero-order valence-corrected chi connectivity index (χ0v) is 18.5. The first-order valence-corrected chi connectivity index (χ1v) is 11.7. The first-order valence-electron chi connectivity index (χ1n) is 16.2. The molecule has 0 radical (unpaired) electrons. The smallest absolute Gasteiger partial charge is 0.156 e. The summed E-state index contributed by atoms with van der Waals surface area (Å²) in [5.74, 6) is -0.969. The molecule has 1 heterocycles. The summed E-state index contributed by atoms with van der Waals surface area (Å²) in [6.07, 6.45) is 4.05. The number of hydrogen-bond donors (Lipinski definition) is 1. The van der Waals surface area contributed by atoms with Gasteiger partial charge >= 0.3 is 0 Å². The Balaban J connectivity index is 1.35. The van der Waals surface area contributed by atoms with E-state index in [1.165, 1.54) is 0 Å². The maximum absolute atomic E-state index is 13.6. The molecule has 5 rings (SSSR count). The van der Waals surface area contributed by atoms with Crippen molar-refractivity contribution in [3.8, 4) is 0 Å². The minimum Gasteiger partial charge on any atom is -0.387 e. The molecule has 31 heavy (non-hydrogen) atoms. The van der Waals surface area contributed by atoms with Crippen molar-refractivity contribution in [3.05, 3.63) is 18.6 Å². The lowest BCUT2D eigenvalue weighted by atomic mass is 9.44. The molecule has 1 aromatic heterocycles. The zero-order chi connectivity index (χ0) is 29.7. The molecule has 8 atom stereocenters. The number of fused-ring (bicyclic) bond motifs is 5. The van der Waals surface area contributed by atoms with Gasteiger partial charge in [0.15, 0.2) is 5.78 Å². The second kappa shape index (κ2) is 7.69. The van der Waals surface area contributed by atoms with Gasteiger partial charge in [-0.1, -0.05) is 13.8 Å². The number of Topliss-reactive ketones (excluding diaryl/α,β-unsaturated/α-hetero) is 1. The van der Waals surface area contributed by atoms with E-state index in [0.717, 1.165) is 30.3 Å². The highest BCUT2D eigenvalue weighted by atomic mass is 16.5. The number of rotatable bonds is 5. The number of carbonyl (C=O) groups is 1. The van der Waals surface area contributed by atoms with Gasteiger partial charge in [-0.15, -0.1) is 0 Å². The molecule has 0 spiro atoms. The van der Waals surface area contributed by atoms with E-state index >= 15 is 0 Å². The van der Waals surface area contributed by atoms with Crippen molar-refractivity contribution in [2.75, 3.05) is 13.6 Å². The topological polar surface area (TPSA) is 64.4 Å². The minimum absolute atomic E-state index is 0.00202. The lowest BCUT2D eigenvalue weighted by Gasteiger charge is -2.62. The van der Waals surface area contributed by atoms with Crippen molar-refractivity contribution in [2.45, 2.75) is 83.8 Å². The van der Waals surface area contributed by atoms with Crippen LogP contribution in [0.15, 0.2) is 18.6 Å². The predicted molar refractivity (Wildman–Crippen MR) is 119 cm³/mol. The van der Waals surface area contributed by atoms with Gasteiger partial charge in [-0.25, -0.2) is 4.98 Å². The fourth-order valence-electron chi connectivity index (χ4n) is 8.21. The highest BCUT2D eigenvalue weighted by molar-refractivity contribution is 5.82. The molecule has 1 N–H and O–H groups in total. The minimum atomic E-state index is -2.96. The number of methoxy groups -OCH3 is 1. The maximum Gasteiger partial charge on any atom is 0.156 e. The van der Waals surface area contributed by atoms with Crippen LogP contribution in [0.4, 0.5) is 0 Å². The third-order valence-corrected chi connectivity index (χ3v) is 9.80. The van der Waals surface area contributed by atoms with Gasteiger partial charge in [-0.05, 0) is 92.3 Å². The largest absolute Gasteiger partial charge is 0.387 e. The van der Waals surface area contributed by atoms with Crippen LogP contribution in [0.1, 0.15) is 84.0 Å². The lowest BCUT2D eigenvalue weighted by molar-refractivity contribution is -0.164. The molecule has 5 nitrogen and oxygen atoms in total. The molecule has 5 heteroatoms. The van der Waals surface area contributed by atoms with Gasteiger partial charge < -0.3 is 14.4 Å². The molecule has 0 aliphatic heterocycles. The molecule has 172 valence electrons. The molecule has 1 aromatic rings. The number of carbonyl (C=O) groups excluding carboxylic acids is 1. The summed E-state index contributed by atoms with van der Waals surface area (Å²) in [6, 6.07) is 0. The Hall–Kier alpha value is -1.20. The quantitative estimate of drug-likeness (QED) is 0.737. The number of nitrogens with zero attached hydrogens (tertiary/aromatic N) is 2. The van der Waals surface area contributed by atoms with Crippen LogP contribution < -0.4 is 0 Å². The molecule has 0 aromatic carbocycles. The lowest BCUT2D eigenvalue weighted by Crippen LogP contribution is -2.56. The van der Waals surface area contributed by atoms with E-state index in [-0.39, 0.29) is 67.0 Å². The van der Waals surface area contributed by atoms with Gasteiger partial charge in [0, 0.05) is 26.6 Å². The van der Waals surface area contributed by atoms with Crippen LogP contribution >= 0.6 is 0 Å². The van der Waals surface area contributed by atoms with E-state index in [1.54, 1.807) is 0 Å². The number of aromatic nitrogens is 2. The molecule has 0 amide bonds. The normalized spacial score (nSPS) is 54.2. The third-order valence-electron chi connectivity index (χ3n) is 9.80. The van der Waals surface area contributed by atoms with Gasteiger partial charge in [0.1, 0.15) is 1.37 Å². The van der Waals surface area contributed by atoms with Gasteiger partial charge in [0.25, 0.3) is 0 Å². The van der Waals surface area contributed by atoms with Crippen molar-refractivity contribution in [2.24, 2.45) is 40.4 Å². The summed E-state index contributed by atoms with van der Waals surface area (Å²) in [6.45, 7) is 1.26. The van der Waals surface area contributed by atoms with Crippen LogP contribution in [0.25, 0.3) is 0 Å². The summed E-state index contributed by atoms with van der Waals surface area (Å²) >= 11 is 0. The Labute approximate surface area is 199 Å². The first kappa shape index (κ1) is 13.5. The fourth-order valence-corrected chi connectivity index (χ4v) is 8.21. The Morgan fingerprint density at radius 3 is 2.87 bits per heavy atom. The van der Waals surface area contributed by atoms with Crippen LogP contribution in [-0.4, -0.2) is 39.6 Å². The molecule has 0 bridgehead atoms. The summed E-state index contributed by atoms with van der Waals surface area (Å²) in [4.78, 5) is 17.3. The SMILES string of the molecule is [2H]c1nc([2H])n(CC(=O)[C@@]2([2H])CC[C@H]3[C@@H]4CC[C@H]5C[C@@](O)(C([2H])([2H])OC([2H])([2H])[2H])CC[C@]5(C)[C@H]4CC[C@@]32C)c1[2H]. The Bertz CT molecular complexity index is 1190. The van der Waals surface area contributed by atoms with Gasteiger partial charge in [-0.3, -0.25) is 4.79 Å².